The Kier molecular flexibility index (Phi) is 5.36. The van der Waals surface area contributed by atoms with Crippen LogP contribution in [0.4, 0.5) is 0 Å². The van der Waals surface area contributed by atoms with E-state index in [-0.39, 0.29) is 11.3 Å². The van der Waals surface area contributed by atoms with Crippen LogP contribution in [0.25, 0.3) is 0 Å². The van der Waals surface area contributed by atoms with Crippen molar-refractivity contribution in [3.63, 3.8) is 0 Å². The molecule has 0 heterocycles. The zero-order valence-electron chi connectivity index (χ0n) is 13.2. The second-order valence-electron chi connectivity index (χ2n) is 4.85. The van der Waals surface area contributed by atoms with E-state index in [0.717, 1.165) is 0 Å². The first-order valence-corrected chi connectivity index (χ1v) is 7.09. The van der Waals surface area contributed by atoms with Gasteiger partial charge in [0.15, 0.2) is 17.6 Å². The van der Waals surface area contributed by atoms with Gasteiger partial charge in [0.05, 0.1) is 19.8 Å². The Morgan fingerprint density at radius 3 is 2.13 bits per heavy atom. The van der Waals surface area contributed by atoms with E-state index >= 15 is 0 Å². The van der Waals surface area contributed by atoms with Crippen LogP contribution < -0.4 is 9.47 Å². The topological polar surface area (TPSA) is 61.8 Å². The maximum atomic E-state index is 12.2. The number of ketones is 1. The highest BCUT2D eigenvalue weighted by Gasteiger charge is 2.21. The van der Waals surface area contributed by atoms with Gasteiger partial charge in [0.2, 0.25) is 5.78 Å². The Balaban J connectivity index is 2.11. The minimum absolute atomic E-state index is 0.251. The number of ether oxygens (including phenoxy) is 3. The highest BCUT2D eigenvalue weighted by Crippen LogP contribution is 2.28. The SMILES string of the molecule is COc1ccc(C(=O)O[C@H](C)C(=O)c2ccccc2)cc1OC. The van der Waals surface area contributed by atoms with E-state index in [9.17, 15) is 9.59 Å². The molecule has 5 nitrogen and oxygen atoms in total. The molecule has 0 unspecified atom stereocenters. The van der Waals surface area contributed by atoms with Gasteiger partial charge in [0, 0.05) is 5.56 Å². The van der Waals surface area contributed by atoms with Gasteiger partial charge in [0.1, 0.15) is 0 Å². The summed E-state index contributed by atoms with van der Waals surface area (Å²) >= 11 is 0. The molecule has 2 aromatic carbocycles. The van der Waals surface area contributed by atoms with E-state index < -0.39 is 12.1 Å². The summed E-state index contributed by atoms with van der Waals surface area (Å²) in [4.78, 5) is 24.4. The summed E-state index contributed by atoms with van der Waals surface area (Å²) in [6.07, 6.45) is -0.877. The van der Waals surface area contributed by atoms with E-state index in [2.05, 4.69) is 0 Å². The van der Waals surface area contributed by atoms with Crippen LogP contribution in [0.2, 0.25) is 0 Å². The van der Waals surface area contributed by atoms with E-state index in [1.165, 1.54) is 20.3 Å². The highest BCUT2D eigenvalue weighted by molar-refractivity contribution is 6.01. The first-order chi connectivity index (χ1) is 11.1. The molecule has 0 aliphatic heterocycles. The average molecular weight is 314 g/mol. The normalized spacial score (nSPS) is 11.4. The fourth-order valence-corrected chi connectivity index (χ4v) is 2.08. The molecule has 0 radical (unpaired) electrons. The Morgan fingerprint density at radius 2 is 1.52 bits per heavy atom. The zero-order valence-corrected chi connectivity index (χ0v) is 13.2. The molecule has 23 heavy (non-hydrogen) atoms. The number of methoxy groups -OCH3 is 2. The summed E-state index contributed by atoms with van der Waals surface area (Å²) in [6.45, 7) is 1.55. The largest absolute Gasteiger partial charge is 0.493 e. The number of esters is 1. The lowest BCUT2D eigenvalue weighted by Gasteiger charge is -2.13. The lowest BCUT2D eigenvalue weighted by molar-refractivity contribution is 0.0318. The van der Waals surface area contributed by atoms with Crippen molar-refractivity contribution < 1.29 is 23.8 Å². The molecule has 120 valence electrons. The van der Waals surface area contributed by atoms with Gasteiger partial charge >= 0.3 is 5.97 Å². The molecule has 0 aromatic heterocycles. The van der Waals surface area contributed by atoms with Crippen molar-refractivity contribution in [2.75, 3.05) is 14.2 Å². The molecule has 5 heteroatoms. The third-order valence-electron chi connectivity index (χ3n) is 3.33. The Labute approximate surface area is 134 Å². The minimum atomic E-state index is -0.877. The second kappa shape index (κ2) is 7.45. The molecule has 0 fully saturated rings. The van der Waals surface area contributed by atoms with E-state index in [1.807, 2.05) is 6.07 Å². The number of carbonyl (C=O) groups is 2. The molecule has 2 aromatic rings. The van der Waals surface area contributed by atoms with Crippen LogP contribution >= 0.6 is 0 Å². The predicted molar refractivity (Wildman–Crippen MR) is 85.2 cm³/mol. The molecule has 0 aliphatic rings. The number of hydrogen-bond acceptors (Lipinski definition) is 5. The van der Waals surface area contributed by atoms with Crippen molar-refractivity contribution in [2.45, 2.75) is 13.0 Å². The van der Waals surface area contributed by atoms with Crippen molar-refractivity contribution >= 4 is 11.8 Å². The van der Waals surface area contributed by atoms with Gasteiger partial charge in [0.25, 0.3) is 0 Å². The molecule has 1 atom stereocenters. The van der Waals surface area contributed by atoms with Gasteiger partial charge in [-0.2, -0.15) is 0 Å². The van der Waals surface area contributed by atoms with Crippen LogP contribution in [0.15, 0.2) is 48.5 Å². The summed E-state index contributed by atoms with van der Waals surface area (Å²) in [7, 11) is 2.99. The summed E-state index contributed by atoms with van der Waals surface area (Å²) in [5.74, 6) is 0.0867. The number of benzene rings is 2. The van der Waals surface area contributed by atoms with E-state index in [0.29, 0.717) is 17.1 Å². The molecular weight excluding hydrogens is 296 g/mol. The second-order valence-corrected chi connectivity index (χ2v) is 4.85. The summed E-state index contributed by atoms with van der Waals surface area (Å²) in [5.41, 5.74) is 0.787. The fourth-order valence-electron chi connectivity index (χ4n) is 2.08. The standard InChI is InChI=1S/C18H18O5/c1-12(17(19)13-7-5-4-6-8-13)23-18(20)14-9-10-15(21-2)16(11-14)22-3/h4-12H,1-3H3/t12-/m1/s1. The molecular formula is C18H18O5. The molecule has 0 saturated heterocycles. The smallest absolute Gasteiger partial charge is 0.338 e. The minimum Gasteiger partial charge on any atom is -0.493 e. The molecule has 0 aliphatic carbocycles. The lowest BCUT2D eigenvalue weighted by Crippen LogP contribution is -2.24. The Bertz CT molecular complexity index is 694. The molecule has 0 amide bonds. The van der Waals surface area contributed by atoms with Crippen LogP contribution in [0, 0.1) is 0 Å². The average Bonchev–Trinajstić information content (AvgIpc) is 2.60. The van der Waals surface area contributed by atoms with Crippen molar-refractivity contribution in [1.82, 2.24) is 0 Å². The number of carbonyl (C=O) groups excluding carboxylic acids is 2. The van der Waals surface area contributed by atoms with Gasteiger partial charge in [-0.25, -0.2) is 4.79 Å². The monoisotopic (exact) mass is 314 g/mol. The summed E-state index contributed by atoms with van der Waals surface area (Å²) < 4.78 is 15.5. The lowest BCUT2D eigenvalue weighted by atomic mass is 10.1. The summed E-state index contributed by atoms with van der Waals surface area (Å²) in [5, 5.41) is 0. The van der Waals surface area contributed by atoms with Crippen molar-refractivity contribution in [2.24, 2.45) is 0 Å². The first-order valence-electron chi connectivity index (χ1n) is 7.09. The van der Waals surface area contributed by atoms with Crippen LogP contribution in [0.3, 0.4) is 0 Å². The highest BCUT2D eigenvalue weighted by atomic mass is 16.5. The molecule has 0 spiro atoms. The Morgan fingerprint density at radius 1 is 0.870 bits per heavy atom. The van der Waals surface area contributed by atoms with E-state index in [1.54, 1.807) is 43.3 Å². The Hall–Kier alpha value is -2.82. The summed E-state index contributed by atoms with van der Waals surface area (Å²) in [6, 6.07) is 13.4. The maximum absolute atomic E-state index is 12.2. The van der Waals surface area contributed by atoms with Gasteiger partial charge in [-0.1, -0.05) is 30.3 Å². The predicted octanol–water partition coefficient (Wildman–Crippen LogP) is 3.13. The van der Waals surface area contributed by atoms with Crippen molar-refractivity contribution in [3.05, 3.63) is 59.7 Å². The third-order valence-corrected chi connectivity index (χ3v) is 3.33. The van der Waals surface area contributed by atoms with E-state index in [4.69, 9.17) is 14.2 Å². The van der Waals surface area contributed by atoms with Crippen molar-refractivity contribution in [3.8, 4) is 11.5 Å². The van der Waals surface area contributed by atoms with Gasteiger partial charge in [-0.15, -0.1) is 0 Å². The molecule has 0 N–H and O–H groups in total. The molecule has 0 saturated carbocycles. The first kappa shape index (κ1) is 16.5. The van der Waals surface area contributed by atoms with Crippen LogP contribution in [0.5, 0.6) is 11.5 Å². The van der Waals surface area contributed by atoms with Gasteiger partial charge in [-0.05, 0) is 25.1 Å². The van der Waals surface area contributed by atoms with Crippen LogP contribution in [0.1, 0.15) is 27.6 Å². The quantitative estimate of drug-likeness (QED) is 0.605. The number of Topliss-reactive ketones (excluding diaryl/α,β-unsaturated/α-hetero) is 1. The molecule has 2 rings (SSSR count). The fraction of sp³-hybridized carbons (Fsp3) is 0.222. The van der Waals surface area contributed by atoms with Crippen LogP contribution in [-0.4, -0.2) is 32.1 Å². The maximum Gasteiger partial charge on any atom is 0.338 e. The van der Waals surface area contributed by atoms with Crippen molar-refractivity contribution in [1.29, 1.82) is 0 Å². The van der Waals surface area contributed by atoms with Crippen LogP contribution in [-0.2, 0) is 4.74 Å². The number of hydrogen-bond donors (Lipinski definition) is 0. The van der Waals surface area contributed by atoms with Gasteiger partial charge in [-0.3, -0.25) is 4.79 Å². The van der Waals surface area contributed by atoms with Gasteiger partial charge < -0.3 is 14.2 Å². The third kappa shape index (κ3) is 3.88. The molecule has 0 bridgehead atoms. The number of rotatable bonds is 6. The zero-order chi connectivity index (χ0) is 16.8.